The normalized spacial score (nSPS) is 17.3. The Morgan fingerprint density at radius 3 is 2.68 bits per heavy atom. The van der Waals surface area contributed by atoms with Crippen LogP contribution in [0.5, 0.6) is 0 Å². The highest BCUT2D eigenvalue weighted by Crippen LogP contribution is 2.24. The second-order valence-corrected chi connectivity index (χ2v) is 7.35. The van der Waals surface area contributed by atoms with Crippen molar-refractivity contribution >= 4 is 35.2 Å². The number of hydrogen-bond acceptors (Lipinski definition) is 3. The Labute approximate surface area is 140 Å². The van der Waals surface area contributed by atoms with E-state index in [1.807, 2.05) is 36.1 Å². The number of carbonyl (C=O) groups is 2. The van der Waals surface area contributed by atoms with E-state index in [0.717, 1.165) is 11.3 Å². The molecule has 120 valence electrons. The highest BCUT2D eigenvalue weighted by Gasteiger charge is 2.28. The third kappa shape index (κ3) is 4.65. The second kappa shape index (κ2) is 7.88. The van der Waals surface area contributed by atoms with Gasteiger partial charge in [0.05, 0.1) is 5.25 Å². The fraction of sp³-hybridized carbons (Fsp3) is 0.500. The molecule has 2 N–H and O–H groups in total. The first-order valence-corrected chi connectivity index (χ1v) is 8.84. The van der Waals surface area contributed by atoms with Crippen LogP contribution in [0.2, 0.25) is 5.02 Å². The third-order valence-corrected chi connectivity index (χ3v) is 5.38. The van der Waals surface area contributed by atoms with Crippen LogP contribution in [0.1, 0.15) is 25.3 Å². The second-order valence-electron chi connectivity index (χ2n) is 5.59. The first-order valence-electron chi connectivity index (χ1n) is 7.41. The number of nitrogens with zero attached hydrogens (tertiary/aromatic N) is 1. The Kier molecular flexibility index (Phi) is 6.15. The van der Waals surface area contributed by atoms with Gasteiger partial charge >= 0.3 is 0 Å². The molecule has 0 radical (unpaired) electrons. The molecule has 6 heteroatoms. The van der Waals surface area contributed by atoms with Gasteiger partial charge in [0.1, 0.15) is 0 Å². The maximum atomic E-state index is 12.4. The Hall–Kier alpha value is -1.20. The smallest absolute Gasteiger partial charge is 0.235 e. The summed E-state index contributed by atoms with van der Waals surface area (Å²) in [5.41, 5.74) is 6.43. The lowest BCUT2D eigenvalue weighted by Crippen LogP contribution is -2.44. The maximum Gasteiger partial charge on any atom is 0.235 e. The molecule has 0 aromatic heterocycles. The lowest BCUT2D eigenvalue weighted by molar-refractivity contribution is -0.134. The van der Waals surface area contributed by atoms with Gasteiger partial charge in [0, 0.05) is 29.8 Å². The summed E-state index contributed by atoms with van der Waals surface area (Å²) in [7, 11) is 0. The van der Waals surface area contributed by atoms with E-state index >= 15 is 0 Å². The molecule has 1 fully saturated rings. The largest absolute Gasteiger partial charge is 0.369 e. The number of primary amides is 1. The molecule has 1 saturated heterocycles. The zero-order chi connectivity index (χ0) is 16.1. The molecule has 1 aliphatic heterocycles. The molecule has 2 amide bonds. The molecule has 1 aliphatic rings. The molecule has 0 bridgehead atoms. The molecule has 4 nitrogen and oxygen atoms in total. The van der Waals surface area contributed by atoms with Crippen molar-refractivity contribution in [1.29, 1.82) is 0 Å². The topological polar surface area (TPSA) is 63.4 Å². The molecule has 1 atom stereocenters. The molecule has 1 aromatic rings. The van der Waals surface area contributed by atoms with Gasteiger partial charge in [0.15, 0.2) is 0 Å². The molecule has 1 aromatic carbocycles. The number of amides is 2. The average Bonchev–Trinajstić information content (AvgIpc) is 2.52. The van der Waals surface area contributed by atoms with E-state index in [1.165, 1.54) is 0 Å². The van der Waals surface area contributed by atoms with E-state index in [-0.39, 0.29) is 23.0 Å². The molecular formula is C16H21ClN2O2S. The quantitative estimate of drug-likeness (QED) is 0.896. The molecule has 1 heterocycles. The fourth-order valence-electron chi connectivity index (χ4n) is 2.56. The number of likely N-dealkylation sites (tertiary alicyclic amines) is 1. The van der Waals surface area contributed by atoms with Crippen molar-refractivity contribution in [2.75, 3.05) is 13.1 Å². The van der Waals surface area contributed by atoms with E-state index in [1.54, 1.807) is 11.8 Å². The Balaban J connectivity index is 1.81. The predicted octanol–water partition coefficient (Wildman–Crippen LogP) is 2.69. The van der Waals surface area contributed by atoms with E-state index in [4.69, 9.17) is 17.3 Å². The average molecular weight is 341 g/mol. The molecule has 0 unspecified atom stereocenters. The fourth-order valence-corrected chi connectivity index (χ4v) is 3.69. The van der Waals surface area contributed by atoms with Crippen molar-refractivity contribution in [1.82, 2.24) is 4.90 Å². The van der Waals surface area contributed by atoms with Gasteiger partial charge in [0.25, 0.3) is 0 Å². The monoisotopic (exact) mass is 340 g/mol. The summed E-state index contributed by atoms with van der Waals surface area (Å²) in [5, 5.41) is 0.606. The van der Waals surface area contributed by atoms with Gasteiger partial charge in [-0.3, -0.25) is 9.59 Å². The lowest BCUT2D eigenvalue weighted by atomic mass is 9.96. The van der Waals surface area contributed by atoms with Gasteiger partial charge in [-0.1, -0.05) is 23.7 Å². The molecule has 2 rings (SSSR count). The van der Waals surface area contributed by atoms with E-state index < -0.39 is 0 Å². The van der Waals surface area contributed by atoms with Gasteiger partial charge in [-0.25, -0.2) is 0 Å². The van der Waals surface area contributed by atoms with Crippen LogP contribution in [-0.4, -0.2) is 35.1 Å². The van der Waals surface area contributed by atoms with Crippen LogP contribution >= 0.6 is 23.4 Å². The highest BCUT2D eigenvalue weighted by molar-refractivity contribution is 7.99. The SMILES string of the molecule is C[C@H](SCc1cccc(Cl)c1)C(=O)N1CCC(C(N)=O)CC1. The van der Waals surface area contributed by atoms with E-state index in [2.05, 4.69) is 0 Å². The summed E-state index contributed by atoms with van der Waals surface area (Å²) in [6.07, 6.45) is 1.35. The Morgan fingerprint density at radius 1 is 1.41 bits per heavy atom. The number of piperidine rings is 1. The molecule has 0 aliphatic carbocycles. The maximum absolute atomic E-state index is 12.4. The van der Waals surface area contributed by atoms with Crippen molar-refractivity contribution in [3.63, 3.8) is 0 Å². The minimum atomic E-state index is -0.254. The summed E-state index contributed by atoms with van der Waals surface area (Å²) in [6.45, 7) is 3.17. The number of rotatable bonds is 5. The van der Waals surface area contributed by atoms with Crippen molar-refractivity contribution in [2.45, 2.75) is 30.8 Å². The van der Waals surface area contributed by atoms with Crippen LogP contribution in [-0.2, 0) is 15.3 Å². The minimum Gasteiger partial charge on any atom is -0.369 e. The van der Waals surface area contributed by atoms with Gasteiger partial charge in [-0.15, -0.1) is 11.8 Å². The van der Waals surface area contributed by atoms with Crippen molar-refractivity contribution < 1.29 is 9.59 Å². The standard InChI is InChI=1S/C16H21ClN2O2S/c1-11(22-10-12-3-2-4-14(17)9-12)16(21)19-7-5-13(6-8-19)15(18)20/h2-4,9,11,13H,5-8,10H2,1H3,(H2,18,20)/t11-/m0/s1. The third-order valence-electron chi connectivity index (χ3n) is 3.95. The number of halogens is 1. The van der Waals surface area contributed by atoms with Crippen LogP contribution in [0.25, 0.3) is 0 Å². The van der Waals surface area contributed by atoms with Gasteiger partial charge in [0.2, 0.25) is 11.8 Å². The lowest BCUT2D eigenvalue weighted by Gasteiger charge is -2.32. The highest BCUT2D eigenvalue weighted by atomic mass is 35.5. The molecule has 0 saturated carbocycles. The van der Waals surface area contributed by atoms with E-state index in [0.29, 0.717) is 31.0 Å². The predicted molar refractivity (Wildman–Crippen MR) is 90.7 cm³/mol. The minimum absolute atomic E-state index is 0.0848. The summed E-state index contributed by atoms with van der Waals surface area (Å²) >= 11 is 7.57. The summed E-state index contributed by atoms with van der Waals surface area (Å²) in [4.78, 5) is 25.4. The number of nitrogens with two attached hydrogens (primary N) is 1. The first kappa shape index (κ1) is 17.2. The van der Waals surface area contributed by atoms with Crippen LogP contribution in [0.15, 0.2) is 24.3 Å². The van der Waals surface area contributed by atoms with Crippen LogP contribution in [0, 0.1) is 5.92 Å². The number of benzene rings is 1. The Morgan fingerprint density at radius 2 is 2.09 bits per heavy atom. The summed E-state index contributed by atoms with van der Waals surface area (Å²) in [6, 6.07) is 7.69. The number of hydrogen-bond donors (Lipinski definition) is 1. The van der Waals surface area contributed by atoms with Gasteiger partial charge in [-0.2, -0.15) is 0 Å². The van der Waals surface area contributed by atoms with Crippen molar-refractivity contribution in [2.24, 2.45) is 11.7 Å². The molecular weight excluding hydrogens is 320 g/mol. The molecule has 0 spiro atoms. The zero-order valence-electron chi connectivity index (χ0n) is 12.6. The van der Waals surface area contributed by atoms with Gasteiger partial charge in [-0.05, 0) is 37.5 Å². The number of thioether (sulfide) groups is 1. The Bertz CT molecular complexity index is 545. The summed E-state index contributed by atoms with van der Waals surface area (Å²) in [5.74, 6) is 0.550. The van der Waals surface area contributed by atoms with Crippen molar-refractivity contribution in [3.05, 3.63) is 34.9 Å². The first-order chi connectivity index (χ1) is 10.5. The zero-order valence-corrected chi connectivity index (χ0v) is 14.2. The van der Waals surface area contributed by atoms with Crippen LogP contribution < -0.4 is 5.73 Å². The van der Waals surface area contributed by atoms with Crippen LogP contribution in [0.4, 0.5) is 0 Å². The number of carbonyl (C=O) groups excluding carboxylic acids is 2. The van der Waals surface area contributed by atoms with E-state index in [9.17, 15) is 9.59 Å². The summed E-state index contributed by atoms with van der Waals surface area (Å²) < 4.78 is 0. The van der Waals surface area contributed by atoms with Crippen LogP contribution in [0.3, 0.4) is 0 Å². The molecule has 22 heavy (non-hydrogen) atoms. The van der Waals surface area contributed by atoms with Crippen molar-refractivity contribution in [3.8, 4) is 0 Å². The van der Waals surface area contributed by atoms with Gasteiger partial charge < -0.3 is 10.6 Å².